The van der Waals surface area contributed by atoms with E-state index in [1.54, 1.807) is 7.11 Å². The van der Waals surface area contributed by atoms with Gasteiger partial charge in [0.2, 0.25) is 0 Å². The average molecular weight is 290 g/mol. The van der Waals surface area contributed by atoms with Crippen LogP contribution in [-0.2, 0) is 6.54 Å². The van der Waals surface area contributed by atoms with Crippen LogP contribution in [0.25, 0.3) is 11.1 Å². The van der Waals surface area contributed by atoms with E-state index in [0.29, 0.717) is 0 Å². The molecule has 2 aromatic rings. The second-order valence-electron chi connectivity index (χ2n) is 4.72. The van der Waals surface area contributed by atoms with Gasteiger partial charge in [0.1, 0.15) is 5.75 Å². The largest absolute Gasteiger partial charge is 0.496 e. The fourth-order valence-corrected chi connectivity index (χ4v) is 2.34. The molecule has 0 fully saturated rings. The van der Waals surface area contributed by atoms with Gasteiger partial charge in [-0.25, -0.2) is 0 Å². The number of benzene rings is 2. The lowest BCUT2D eigenvalue weighted by Crippen LogP contribution is -2.13. The monoisotopic (exact) mass is 289 g/mol. The third-order valence-electron chi connectivity index (χ3n) is 3.16. The predicted octanol–water partition coefficient (Wildman–Crippen LogP) is 4.52. The van der Waals surface area contributed by atoms with Crippen LogP contribution in [0, 0.1) is 0 Å². The van der Waals surface area contributed by atoms with E-state index in [1.165, 1.54) is 5.56 Å². The van der Waals surface area contributed by atoms with E-state index < -0.39 is 0 Å². The van der Waals surface area contributed by atoms with Gasteiger partial charge in [-0.05, 0) is 48.4 Å². The van der Waals surface area contributed by atoms with Gasteiger partial charge >= 0.3 is 0 Å². The molecule has 0 heterocycles. The molecule has 0 unspecified atom stereocenters. The molecular formula is C17H20ClNO. The number of nitrogens with one attached hydrogen (secondary N) is 1. The van der Waals surface area contributed by atoms with E-state index >= 15 is 0 Å². The maximum atomic E-state index is 6.10. The molecule has 1 N–H and O–H groups in total. The summed E-state index contributed by atoms with van der Waals surface area (Å²) in [4.78, 5) is 0. The molecule has 0 aliphatic heterocycles. The van der Waals surface area contributed by atoms with Crippen LogP contribution < -0.4 is 10.1 Å². The Labute approximate surface area is 125 Å². The third-order valence-corrected chi connectivity index (χ3v) is 3.39. The highest BCUT2D eigenvalue weighted by Crippen LogP contribution is 2.32. The molecule has 0 spiro atoms. The Hall–Kier alpha value is -1.51. The van der Waals surface area contributed by atoms with Crippen LogP contribution >= 0.6 is 11.6 Å². The zero-order chi connectivity index (χ0) is 14.4. The summed E-state index contributed by atoms with van der Waals surface area (Å²) in [5, 5.41) is 4.13. The van der Waals surface area contributed by atoms with Crippen molar-refractivity contribution in [2.45, 2.75) is 19.9 Å². The number of halogens is 1. The highest BCUT2D eigenvalue weighted by Gasteiger charge is 2.07. The molecule has 0 aliphatic rings. The number of rotatable bonds is 6. The molecule has 0 saturated carbocycles. The number of hydrogen-bond acceptors (Lipinski definition) is 2. The lowest BCUT2D eigenvalue weighted by molar-refractivity contribution is 0.416. The van der Waals surface area contributed by atoms with E-state index in [2.05, 4.69) is 36.5 Å². The molecule has 3 heteroatoms. The second-order valence-corrected chi connectivity index (χ2v) is 5.16. The first kappa shape index (κ1) is 14.9. The summed E-state index contributed by atoms with van der Waals surface area (Å²) in [5.74, 6) is 0.841. The minimum Gasteiger partial charge on any atom is -0.496 e. The summed E-state index contributed by atoms with van der Waals surface area (Å²) < 4.78 is 5.42. The Morgan fingerprint density at radius 1 is 1.15 bits per heavy atom. The van der Waals surface area contributed by atoms with Crippen LogP contribution in [0.5, 0.6) is 5.75 Å². The maximum absolute atomic E-state index is 6.10. The van der Waals surface area contributed by atoms with Crippen molar-refractivity contribution in [3.05, 3.63) is 53.1 Å². The smallest absolute Gasteiger partial charge is 0.126 e. The fourth-order valence-electron chi connectivity index (χ4n) is 2.16. The summed E-state index contributed by atoms with van der Waals surface area (Å²) in [7, 11) is 1.68. The van der Waals surface area contributed by atoms with Crippen molar-refractivity contribution >= 4 is 11.6 Å². The Bertz CT molecular complexity index is 569. The van der Waals surface area contributed by atoms with Crippen molar-refractivity contribution in [2.75, 3.05) is 13.7 Å². The van der Waals surface area contributed by atoms with Crippen LogP contribution in [0.2, 0.25) is 5.02 Å². The Balaban J connectivity index is 2.28. The van der Waals surface area contributed by atoms with Crippen molar-refractivity contribution in [1.29, 1.82) is 0 Å². The highest BCUT2D eigenvalue weighted by atomic mass is 35.5. The van der Waals surface area contributed by atoms with Gasteiger partial charge in [-0.2, -0.15) is 0 Å². The zero-order valence-electron chi connectivity index (χ0n) is 11.9. The number of methoxy groups -OCH3 is 1. The normalized spacial score (nSPS) is 10.6. The number of ether oxygens (including phenoxy) is 1. The third kappa shape index (κ3) is 3.75. The molecule has 20 heavy (non-hydrogen) atoms. The van der Waals surface area contributed by atoms with Gasteiger partial charge in [0.05, 0.1) is 7.11 Å². The van der Waals surface area contributed by atoms with E-state index in [0.717, 1.165) is 41.4 Å². The summed E-state index contributed by atoms with van der Waals surface area (Å²) in [6, 6.07) is 14.1. The molecule has 0 aliphatic carbocycles. The molecule has 2 nitrogen and oxygen atoms in total. The predicted molar refractivity (Wildman–Crippen MR) is 85.4 cm³/mol. The first-order valence-corrected chi connectivity index (χ1v) is 7.26. The first-order chi connectivity index (χ1) is 9.74. The molecule has 2 rings (SSSR count). The SMILES string of the molecule is CCCNCc1cccc(-c2cc(Cl)ccc2OC)c1. The fraction of sp³-hybridized carbons (Fsp3) is 0.294. The van der Waals surface area contributed by atoms with Gasteiger partial charge in [-0.3, -0.25) is 0 Å². The molecule has 106 valence electrons. The lowest BCUT2D eigenvalue weighted by Gasteiger charge is -2.11. The molecule has 0 radical (unpaired) electrons. The van der Waals surface area contributed by atoms with Gasteiger partial charge in [0, 0.05) is 17.1 Å². The molecule has 0 atom stereocenters. The lowest BCUT2D eigenvalue weighted by atomic mass is 10.0. The van der Waals surface area contributed by atoms with E-state index in [4.69, 9.17) is 16.3 Å². The average Bonchev–Trinajstić information content (AvgIpc) is 2.48. The molecule has 0 saturated heterocycles. The Morgan fingerprint density at radius 3 is 2.75 bits per heavy atom. The molecule has 0 aromatic heterocycles. The highest BCUT2D eigenvalue weighted by molar-refractivity contribution is 6.31. The molecule has 0 bridgehead atoms. The molecular weight excluding hydrogens is 270 g/mol. The minimum absolute atomic E-state index is 0.718. The Morgan fingerprint density at radius 2 is 2.00 bits per heavy atom. The van der Waals surface area contributed by atoms with Crippen LogP contribution in [0.4, 0.5) is 0 Å². The van der Waals surface area contributed by atoms with Crippen molar-refractivity contribution in [2.24, 2.45) is 0 Å². The summed E-state index contributed by atoms with van der Waals surface area (Å²) in [5.41, 5.74) is 3.41. The summed E-state index contributed by atoms with van der Waals surface area (Å²) in [6.45, 7) is 4.08. The van der Waals surface area contributed by atoms with E-state index in [9.17, 15) is 0 Å². The van der Waals surface area contributed by atoms with Crippen molar-refractivity contribution < 1.29 is 4.74 Å². The van der Waals surface area contributed by atoms with Gasteiger partial charge in [-0.15, -0.1) is 0 Å². The van der Waals surface area contributed by atoms with Gasteiger partial charge < -0.3 is 10.1 Å². The minimum atomic E-state index is 0.718. The maximum Gasteiger partial charge on any atom is 0.126 e. The quantitative estimate of drug-likeness (QED) is 0.790. The van der Waals surface area contributed by atoms with E-state index in [1.807, 2.05) is 18.2 Å². The van der Waals surface area contributed by atoms with Crippen LogP contribution in [-0.4, -0.2) is 13.7 Å². The van der Waals surface area contributed by atoms with Crippen molar-refractivity contribution in [3.8, 4) is 16.9 Å². The second kappa shape index (κ2) is 7.32. The molecule has 2 aromatic carbocycles. The van der Waals surface area contributed by atoms with Crippen molar-refractivity contribution in [1.82, 2.24) is 5.32 Å². The van der Waals surface area contributed by atoms with Crippen LogP contribution in [0.1, 0.15) is 18.9 Å². The van der Waals surface area contributed by atoms with Gasteiger partial charge in [0.25, 0.3) is 0 Å². The summed E-state index contributed by atoms with van der Waals surface area (Å²) >= 11 is 6.10. The number of hydrogen-bond donors (Lipinski definition) is 1. The van der Waals surface area contributed by atoms with Crippen LogP contribution in [0.3, 0.4) is 0 Å². The molecule has 0 amide bonds. The zero-order valence-corrected chi connectivity index (χ0v) is 12.7. The van der Waals surface area contributed by atoms with Crippen molar-refractivity contribution in [3.63, 3.8) is 0 Å². The summed E-state index contributed by atoms with van der Waals surface area (Å²) in [6.07, 6.45) is 1.14. The van der Waals surface area contributed by atoms with E-state index in [-0.39, 0.29) is 0 Å². The van der Waals surface area contributed by atoms with Crippen LogP contribution in [0.15, 0.2) is 42.5 Å². The first-order valence-electron chi connectivity index (χ1n) is 6.88. The standard InChI is InChI=1S/C17H20ClNO/c1-3-9-19-12-13-5-4-6-14(10-13)16-11-15(18)7-8-17(16)20-2/h4-8,10-11,19H,3,9,12H2,1-2H3. The van der Waals surface area contributed by atoms with Gasteiger partial charge in [-0.1, -0.05) is 36.7 Å². The Kier molecular flexibility index (Phi) is 5.45. The topological polar surface area (TPSA) is 21.3 Å². The van der Waals surface area contributed by atoms with Gasteiger partial charge in [0.15, 0.2) is 0 Å².